The summed E-state index contributed by atoms with van der Waals surface area (Å²) >= 11 is 6.91. The summed E-state index contributed by atoms with van der Waals surface area (Å²) in [7, 11) is 0. The van der Waals surface area contributed by atoms with Crippen LogP contribution in [0.25, 0.3) is 0 Å². The average molecular weight is 323 g/mol. The number of hydrogen-bond donors (Lipinski definition) is 1. The van der Waals surface area contributed by atoms with Crippen LogP contribution >= 0.6 is 31.9 Å². The summed E-state index contributed by atoms with van der Waals surface area (Å²) in [5.74, 6) is 0.848. The van der Waals surface area contributed by atoms with Crippen LogP contribution in [0.2, 0.25) is 0 Å². The molecule has 0 fully saturated rings. The fourth-order valence-corrected chi connectivity index (χ4v) is 2.09. The fourth-order valence-electron chi connectivity index (χ4n) is 1.20. The van der Waals surface area contributed by atoms with Crippen LogP contribution in [0, 0.1) is 0 Å². The standard InChI is InChI=1S/C9H13Br2N3/c1-6(10)3-7(2)14-9-8(11)4-12-5-13-9/h4-7H,3H2,1-2H3,(H,12,13,14). The summed E-state index contributed by atoms with van der Waals surface area (Å²) in [6.07, 6.45) is 4.33. The van der Waals surface area contributed by atoms with Crippen LogP contribution in [0.5, 0.6) is 0 Å². The first-order chi connectivity index (χ1) is 6.59. The number of halogens is 2. The molecule has 0 saturated heterocycles. The molecule has 5 heteroatoms. The van der Waals surface area contributed by atoms with E-state index in [1.165, 1.54) is 6.33 Å². The average Bonchev–Trinajstić information content (AvgIpc) is 2.07. The van der Waals surface area contributed by atoms with Crippen molar-refractivity contribution in [3.63, 3.8) is 0 Å². The molecule has 3 nitrogen and oxygen atoms in total. The lowest BCUT2D eigenvalue weighted by atomic mass is 10.2. The summed E-state index contributed by atoms with van der Waals surface area (Å²) in [6.45, 7) is 4.26. The molecule has 0 saturated carbocycles. The van der Waals surface area contributed by atoms with Gasteiger partial charge in [0.25, 0.3) is 0 Å². The van der Waals surface area contributed by atoms with Gasteiger partial charge < -0.3 is 5.32 Å². The van der Waals surface area contributed by atoms with Crippen molar-refractivity contribution in [2.45, 2.75) is 31.1 Å². The van der Waals surface area contributed by atoms with Gasteiger partial charge in [-0.3, -0.25) is 0 Å². The zero-order valence-corrected chi connectivity index (χ0v) is 11.3. The Hall–Kier alpha value is -0.160. The lowest BCUT2D eigenvalue weighted by molar-refractivity contribution is 0.704. The quantitative estimate of drug-likeness (QED) is 0.865. The minimum Gasteiger partial charge on any atom is -0.367 e. The largest absolute Gasteiger partial charge is 0.367 e. The molecule has 1 aromatic rings. The highest BCUT2D eigenvalue weighted by atomic mass is 79.9. The van der Waals surface area contributed by atoms with E-state index in [2.05, 4.69) is 61.0 Å². The predicted molar refractivity (Wildman–Crippen MR) is 65.8 cm³/mol. The van der Waals surface area contributed by atoms with Crippen molar-refractivity contribution in [1.82, 2.24) is 9.97 Å². The molecular formula is C9H13Br2N3. The first-order valence-electron chi connectivity index (χ1n) is 4.45. The third-order valence-corrected chi connectivity index (χ3v) is 2.68. The third kappa shape index (κ3) is 3.92. The molecule has 1 N–H and O–H groups in total. The van der Waals surface area contributed by atoms with E-state index in [0.717, 1.165) is 16.7 Å². The molecule has 2 atom stereocenters. The van der Waals surface area contributed by atoms with Gasteiger partial charge in [-0.1, -0.05) is 22.9 Å². The molecule has 1 rings (SSSR count). The summed E-state index contributed by atoms with van der Waals surface area (Å²) in [5.41, 5.74) is 0. The van der Waals surface area contributed by atoms with Crippen molar-refractivity contribution in [3.05, 3.63) is 17.0 Å². The predicted octanol–water partition coefficient (Wildman–Crippen LogP) is 3.21. The zero-order chi connectivity index (χ0) is 10.6. The smallest absolute Gasteiger partial charge is 0.143 e. The van der Waals surface area contributed by atoms with Gasteiger partial charge in [0.1, 0.15) is 12.1 Å². The monoisotopic (exact) mass is 321 g/mol. The van der Waals surface area contributed by atoms with E-state index in [1.807, 2.05) is 0 Å². The molecule has 0 aliphatic heterocycles. The highest BCUT2D eigenvalue weighted by molar-refractivity contribution is 9.10. The lowest BCUT2D eigenvalue weighted by Gasteiger charge is -2.16. The van der Waals surface area contributed by atoms with Crippen molar-refractivity contribution in [3.8, 4) is 0 Å². The summed E-state index contributed by atoms with van der Waals surface area (Å²) in [5, 5.41) is 3.31. The first kappa shape index (κ1) is 11.9. The normalized spacial score (nSPS) is 14.9. The lowest BCUT2D eigenvalue weighted by Crippen LogP contribution is -2.19. The van der Waals surface area contributed by atoms with Crippen LogP contribution in [0.15, 0.2) is 17.0 Å². The van der Waals surface area contributed by atoms with E-state index in [9.17, 15) is 0 Å². The molecule has 0 bridgehead atoms. The Kier molecular flexibility index (Phi) is 4.81. The van der Waals surface area contributed by atoms with Crippen molar-refractivity contribution >= 4 is 37.7 Å². The maximum Gasteiger partial charge on any atom is 0.143 e. The maximum atomic E-state index is 4.14. The summed E-state index contributed by atoms with van der Waals surface area (Å²) in [4.78, 5) is 8.55. The van der Waals surface area contributed by atoms with Crippen molar-refractivity contribution in [2.24, 2.45) is 0 Å². The van der Waals surface area contributed by atoms with E-state index in [1.54, 1.807) is 6.20 Å². The number of alkyl halides is 1. The molecule has 0 aliphatic carbocycles. The van der Waals surface area contributed by atoms with Crippen molar-refractivity contribution < 1.29 is 0 Å². The number of rotatable bonds is 4. The maximum absolute atomic E-state index is 4.14. The van der Waals surface area contributed by atoms with Crippen LogP contribution in [-0.4, -0.2) is 20.8 Å². The number of anilines is 1. The van der Waals surface area contributed by atoms with Gasteiger partial charge in [-0.15, -0.1) is 0 Å². The Morgan fingerprint density at radius 3 is 2.79 bits per heavy atom. The second kappa shape index (κ2) is 5.66. The number of nitrogens with one attached hydrogen (secondary N) is 1. The van der Waals surface area contributed by atoms with E-state index >= 15 is 0 Å². The molecule has 1 heterocycles. The molecule has 0 aliphatic rings. The summed E-state index contributed by atoms with van der Waals surface area (Å²) in [6, 6.07) is 0.385. The molecule has 2 unspecified atom stereocenters. The molecule has 0 amide bonds. The number of hydrogen-bond acceptors (Lipinski definition) is 3. The molecule has 0 radical (unpaired) electrons. The van der Waals surface area contributed by atoms with E-state index < -0.39 is 0 Å². The van der Waals surface area contributed by atoms with Gasteiger partial charge in [0.05, 0.1) is 4.47 Å². The highest BCUT2D eigenvalue weighted by Crippen LogP contribution is 2.19. The van der Waals surface area contributed by atoms with Crippen molar-refractivity contribution in [1.29, 1.82) is 0 Å². The van der Waals surface area contributed by atoms with Crippen LogP contribution in [0.4, 0.5) is 5.82 Å². The Morgan fingerprint density at radius 2 is 2.21 bits per heavy atom. The molecule has 14 heavy (non-hydrogen) atoms. The Labute approximate surface area is 101 Å². The SMILES string of the molecule is CC(Br)CC(C)Nc1ncncc1Br. The van der Waals surface area contributed by atoms with Gasteiger partial charge in [-0.25, -0.2) is 9.97 Å². The molecule has 78 valence electrons. The van der Waals surface area contributed by atoms with E-state index in [4.69, 9.17) is 0 Å². The van der Waals surface area contributed by atoms with Crippen LogP contribution in [-0.2, 0) is 0 Å². The first-order valence-corrected chi connectivity index (χ1v) is 6.16. The topological polar surface area (TPSA) is 37.8 Å². The second-order valence-electron chi connectivity index (χ2n) is 3.28. The molecule has 0 aromatic carbocycles. The van der Waals surface area contributed by atoms with Gasteiger partial charge in [-0.2, -0.15) is 0 Å². The van der Waals surface area contributed by atoms with Gasteiger partial charge in [0.15, 0.2) is 0 Å². The second-order valence-corrected chi connectivity index (χ2v) is 5.70. The molecular weight excluding hydrogens is 310 g/mol. The molecule has 1 aromatic heterocycles. The third-order valence-electron chi connectivity index (χ3n) is 1.73. The van der Waals surface area contributed by atoms with Crippen molar-refractivity contribution in [2.75, 3.05) is 5.32 Å². The Balaban J connectivity index is 2.56. The number of aromatic nitrogens is 2. The van der Waals surface area contributed by atoms with Gasteiger partial charge in [-0.05, 0) is 29.3 Å². The summed E-state index contributed by atoms with van der Waals surface area (Å²) < 4.78 is 0.897. The van der Waals surface area contributed by atoms with Crippen LogP contribution in [0.3, 0.4) is 0 Å². The Morgan fingerprint density at radius 1 is 1.50 bits per heavy atom. The minimum atomic E-state index is 0.385. The van der Waals surface area contributed by atoms with E-state index in [-0.39, 0.29) is 0 Å². The highest BCUT2D eigenvalue weighted by Gasteiger charge is 2.08. The number of nitrogens with zero attached hydrogens (tertiary/aromatic N) is 2. The Bertz CT molecular complexity index is 291. The molecule has 0 spiro atoms. The zero-order valence-electron chi connectivity index (χ0n) is 8.17. The van der Waals surface area contributed by atoms with Gasteiger partial charge in [0, 0.05) is 17.1 Å². The van der Waals surface area contributed by atoms with Crippen LogP contribution < -0.4 is 5.32 Å². The van der Waals surface area contributed by atoms with E-state index in [0.29, 0.717) is 10.9 Å². The van der Waals surface area contributed by atoms with Crippen LogP contribution in [0.1, 0.15) is 20.3 Å². The van der Waals surface area contributed by atoms with Gasteiger partial charge >= 0.3 is 0 Å². The minimum absolute atomic E-state index is 0.385. The fraction of sp³-hybridized carbons (Fsp3) is 0.556. The van der Waals surface area contributed by atoms with Gasteiger partial charge in [0.2, 0.25) is 0 Å².